The number of primary sulfonamides is 1. The van der Waals surface area contributed by atoms with Gasteiger partial charge in [0.25, 0.3) is 0 Å². The number of aliphatic carboxylic acids is 1. The van der Waals surface area contributed by atoms with E-state index in [4.69, 9.17) is 10.2 Å². The van der Waals surface area contributed by atoms with Crippen LogP contribution in [0.5, 0.6) is 0 Å². The third-order valence-corrected chi connectivity index (χ3v) is 4.29. The number of benzene rings is 1. The Morgan fingerprint density at radius 1 is 1.38 bits per heavy atom. The van der Waals surface area contributed by atoms with E-state index in [-0.39, 0.29) is 11.3 Å². The Morgan fingerprint density at radius 3 is 2.38 bits per heavy atom. The van der Waals surface area contributed by atoms with E-state index < -0.39 is 27.3 Å². The monoisotopic (exact) mass is 378 g/mol. The zero-order chi connectivity index (χ0) is 16.4. The molecule has 0 radical (unpaired) electrons. The van der Waals surface area contributed by atoms with Crippen LogP contribution in [0.1, 0.15) is 20.3 Å². The van der Waals surface area contributed by atoms with Crippen LogP contribution in [0.2, 0.25) is 0 Å². The lowest BCUT2D eigenvalue weighted by atomic mass is 9.89. The molecule has 7 nitrogen and oxygen atoms in total. The minimum absolute atomic E-state index is 0.0989. The quantitative estimate of drug-likeness (QED) is 0.715. The average molecular weight is 379 g/mol. The molecule has 0 aliphatic carbocycles. The molecule has 0 aliphatic heterocycles. The van der Waals surface area contributed by atoms with Crippen molar-refractivity contribution in [3.8, 4) is 0 Å². The van der Waals surface area contributed by atoms with Gasteiger partial charge in [-0.1, -0.05) is 0 Å². The Kier molecular flexibility index (Phi) is 5.13. The standard InChI is InChI=1S/C12H15BrN2O5S/c1-12(2,11(17)18)6-10(16)15-9-4-3-7(5-8(9)13)21(14,19)20/h3-5H,6H2,1-2H3,(H,15,16)(H,17,18)(H2,14,19,20). The number of halogens is 1. The molecule has 21 heavy (non-hydrogen) atoms. The van der Waals surface area contributed by atoms with Gasteiger partial charge >= 0.3 is 5.97 Å². The lowest BCUT2D eigenvalue weighted by Gasteiger charge is -2.18. The molecule has 1 aromatic carbocycles. The fourth-order valence-corrected chi connectivity index (χ4v) is 2.61. The van der Waals surface area contributed by atoms with Crippen molar-refractivity contribution in [2.45, 2.75) is 25.2 Å². The molecule has 0 aliphatic rings. The van der Waals surface area contributed by atoms with Crippen LogP contribution in [0.25, 0.3) is 0 Å². The number of sulfonamides is 1. The maximum absolute atomic E-state index is 11.8. The van der Waals surface area contributed by atoms with Crippen molar-refractivity contribution < 1.29 is 23.1 Å². The van der Waals surface area contributed by atoms with E-state index in [2.05, 4.69) is 21.2 Å². The van der Waals surface area contributed by atoms with Crippen LogP contribution < -0.4 is 10.5 Å². The van der Waals surface area contributed by atoms with E-state index in [1.807, 2.05) is 0 Å². The molecule has 0 saturated carbocycles. The molecule has 1 aromatic rings. The first kappa shape index (κ1) is 17.6. The number of rotatable bonds is 5. The van der Waals surface area contributed by atoms with Gasteiger partial charge in [0.05, 0.1) is 16.0 Å². The second-order valence-electron chi connectivity index (χ2n) is 5.10. The molecule has 9 heteroatoms. The average Bonchev–Trinajstić information content (AvgIpc) is 2.29. The predicted molar refractivity (Wildman–Crippen MR) is 80.2 cm³/mol. The van der Waals surface area contributed by atoms with Gasteiger partial charge in [0.1, 0.15) is 0 Å². The largest absolute Gasteiger partial charge is 0.481 e. The summed E-state index contributed by atoms with van der Waals surface area (Å²) in [5.41, 5.74) is -0.870. The van der Waals surface area contributed by atoms with Crippen molar-refractivity contribution in [3.63, 3.8) is 0 Å². The molecule has 0 unspecified atom stereocenters. The summed E-state index contributed by atoms with van der Waals surface area (Å²) in [6, 6.07) is 3.88. The van der Waals surface area contributed by atoms with Gasteiger partial charge in [-0.15, -0.1) is 0 Å². The first-order chi connectivity index (χ1) is 9.43. The van der Waals surface area contributed by atoms with Gasteiger partial charge in [-0.2, -0.15) is 0 Å². The summed E-state index contributed by atoms with van der Waals surface area (Å²) in [6.07, 6.45) is -0.217. The summed E-state index contributed by atoms with van der Waals surface area (Å²) in [4.78, 5) is 22.7. The molecule has 4 N–H and O–H groups in total. The Bertz CT molecular complexity index is 685. The third-order valence-electron chi connectivity index (χ3n) is 2.72. The second kappa shape index (κ2) is 6.12. The number of anilines is 1. The van der Waals surface area contributed by atoms with Gasteiger partial charge in [-0.3, -0.25) is 9.59 Å². The van der Waals surface area contributed by atoms with Crippen molar-refractivity contribution in [1.82, 2.24) is 0 Å². The molecular formula is C12H15BrN2O5S. The Balaban J connectivity index is 2.90. The number of carboxylic acids is 1. The number of carbonyl (C=O) groups excluding carboxylic acids is 1. The molecule has 0 saturated heterocycles. The lowest BCUT2D eigenvalue weighted by molar-refractivity contribution is -0.148. The van der Waals surface area contributed by atoms with Gasteiger partial charge < -0.3 is 10.4 Å². The van der Waals surface area contributed by atoms with Crippen LogP contribution in [-0.2, 0) is 19.6 Å². The lowest BCUT2D eigenvalue weighted by Crippen LogP contribution is -2.29. The van der Waals surface area contributed by atoms with E-state index >= 15 is 0 Å². The minimum atomic E-state index is -3.83. The van der Waals surface area contributed by atoms with Crippen molar-refractivity contribution in [1.29, 1.82) is 0 Å². The molecule has 0 heterocycles. The number of hydrogen-bond donors (Lipinski definition) is 3. The van der Waals surface area contributed by atoms with E-state index in [9.17, 15) is 18.0 Å². The molecule has 1 rings (SSSR count). The highest BCUT2D eigenvalue weighted by atomic mass is 79.9. The molecule has 1 amide bonds. The summed E-state index contributed by atoms with van der Waals surface area (Å²) in [5.74, 6) is -1.58. The zero-order valence-corrected chi connectivity index (χ0v) is 13.8. The molecule has 0 aromatic heterocycles. The van der Waals surface area contributed by atoms with Crippen LogP contribution in [0.3, 0.4) is 0 Å². The van der Waals surface area contributed by atoms with Crippen LogP contribution >= 0.6 is 15.9 Å². The molecule has 0 atom stereocenters. The van der Waals surface area contributed by atoms with Gasteiger partial charge in [-0.25, -0.2) is 13.6 Å². The summed E-state index contributed by atoms with van der Waals surface area (Å²) >= 11 is 3.13. The number of nitrogens with two attached hydrogens (primary N) is 1. The highest BCUT2D eigenvalue weighted by Crippen LogP contribution is 2.27. The molecule has 116 valence electrons. The van der Waals surface area contributed by atoms with E-state index in [0.717, 1.165) is 0 Å². The first-order valence-electron chi connectivity index (χ1n) is 5.79. The first-order valence-corrected chi connectivity index (χ1v) is 8.13. The van der Waals surface area contributed by atoms with Crippen molar-refractivity contribution in [3.05, 3.63) is 22.7 Å². The Hall–Kier alpha value is -1.45. The molecule has 0 fully saturated rings. The van der Waals surface area contributed by atoms with E-state index in [0.29, 0.717) is 10.2 Å². The molecule has 0 spiro atoms. The zero-order valence-electron chi connectivity index (χ0n) is 11.4. The van der Waals surface area contributed by atoms with Crippen LogP contribution in [0.15, 0.2) is 27.6 Å². The maximum atomic E-state index is 11.8. The number of hydrogen-bond acceptors (Lipinski definition) is 4. The van der Waals surface area contributed by atoms with Gasteiger partial charge in [0, 0.05) is 10.9 Å². The molecular weight excluding hydrogens is 364 g/mol. The van der Waals surface area contributed by atoms with Crippen molar-refractivity contribution >= 4 is 43.5 Å². The fourth-order valence-electron chi connectivity index (χ4n) is 1.45. The molecule has 0 bridgehead atoms. The highest BCUT2D eigenvalue weighted by molar-refractivity contribution is 9.10. The number of carboxylic acid groups (broad SMARTS) is 1. The topological polar surface area (TPSA) is 127 Å². The summed E-state index contributed by atoms with van der Waals surface area (Å²) < 4.78 is 22.7. The number of nitrogens with one attached hydrogen (secondary N) is 1. The Labute approximate surface area is 130 Å². The van der Waals surface area contributed by atoms with Crippen LogP contribution in [0.4, 0.5) is 5.69 Å². The summed E-state index contributed by atoms with van der Waals surface area (Å²) in [7, 11) is -3.83. The number of carbonyl (C=O) groups is 2. The van der Waals surface area contributed by atoms with E-state index in [1.165, 1.54) is 32.0 Å². The van der Waals surface area contributed by atoms with Crippen LogP contribution in [0, 0.1) is 5.41 Å². The summed E-state index contributed by atoms with van der Waals surface area (Å²) in [6.45, 7) is 2.88. The van der Waals surface area contributed by atoms with Crippen LogP contribution in [-0.4, -0.2) is 25.4 Å². The van der Waals surface area contributed by atoms with Crippen molar-refractivity contribution in [2.24, 2.45) is 10.6 Å². The fraction of sp³-hybridized carbons (Fsp3) is 0.333. The minimum Gasteiger partial charge on any atom is -0.481 e. The number of amides is 1. The third kappa shape index (κ3) is 4.80. The van der Waals surface area contributed by atoms with Gasteiger partial charge in [0.2, 0.25) is 15.9 Å². The second-order valence-corrected chi connectivity index (χ2v) is 7.52. The van der Waals surface area contributed by atoms with Crippen molar-refractivity contribution in [2.75, 3.05) is 5.32 Å². The predicted octanol–water partition coefficient (Wildman–Crippen LogP) is 1.54. The van der Waals surface area contributed by atoms with E-state index in [1.54, 1.807) is 0 Å². The maximum Gasteiger partial charge on any atom is 0.309 e. The Morgan fingerprint density at radius 2 is 1.95 bits per heavy atom. The highest BCUT2D eigenvalue weighted by Gasteiger charge is 2.30. The smallest absolute Gasteiger partial charge is 0.309 e. The SMILES string of the molecule is CC(C)(CC(=O)Nc1ccc(S(N)(=O)=O)cc1Br)C(=O)O. The van der Waals surface area contributed by atoms with Gasteiger partial charge in [0.15, 0.2) is 0 Å². The summed E-state index contributed by atoms with van der Waals surface area (Å²) in [5, 5.41) is 16.5. The normalized spacial score (nSPS) is 12.0. The van der Waals surface area contributed by atoms with Gasteiger partial charge in [-0.05, 0) is 48.0 Å².